The highest BCUT2D eigenvalue weighted by atomic mass is 16.6. The Morgan fingerprint density at radius 1 is 1.03 bits per heavy atom. The Hall–Kier alpha value is -4.07. The summed E-state index contributed by atoms with van der Waals surface area (Å²) in [4.78, 5) is 23.5. The SMILES string of the molecule is Cc1ccc(CNc2ncnc(Oc3cccc4cccnc34)c2[N+](=O)[O-])cc1. The molecule has 2 heterocycles. The molecule has 0 spiro atoms. The summed E-state index contributed by atoms with van der Waals surface area (Å²) >= 11 is 0. The van der Waals surface area contributed by atoms with E-state index in [1.807, 2.05) is 49.4 Å². The number of benzene rings is 2. The van der Waals surface area contributed by atoms with Crippen molar-refractivity contribution >= 4 is 22.4 Å². The number of fused-ring (bicyclic) bond motifs is 1. The molecule has 0 atom stereocenters. The summed E-state index contributed by atoms with van der Waals surface area (Å²) in [5, 5.41) is 15.6. The average molecular weight is 387 g/mol. The van der Waals surface area contributed by atoms with Gasteiger partial charge in [-0.15, -0.1) is 0 Å². The van der Waals surface area contributed by atoms with Gasteiger partial charge in [-0.2, -0.15) is 4.98 Å². The van der Waals surface area contributed by atoms with Gasteiger partial charge in [-0.3, -0.25) is 15.1 Å². The fourth-order valence-electron chi connectivity index (χ4n) is 2.89. The highest BCUT2D eigenvalue weighted by Gasteiger charge is 2.25. The van der Waals surface area contributed by atoms with Gasteiger partial charge in [0.15, 0.2) is 5.75 Å². The standard InChI is InChI=1S/C21H17N5O3/c1-14-7-9-15(10-8-14)12-23-20-19(26(27)28)21(25-13-24-20)29-17-6-2-4-16-5-3-11-22-18(16)17/h2-11,13H,12H2,1H3,(H,23,24,25). The van der Waals surface area contributed by atoms with E-state index in [2.05, 4.69) is 20.3 Å². The molecule has 0 aliphatic carbocycles. The molecule has 2 aromatic carbocycles. The number of aromatic nitrogens is 3. The minimum Gasteiger partial charge on any atom is -0.431 e. The number of nitrogens with one attached hydrogen (secondary N) is 1. The van der Waals surface area contributed by atoms with Gasteiger partial charge in [0.1, 0.15) is 11.8 Å². The van der Waals surface area contributed by atoms with Gasteiger partial charge in [-0.05, 0) is 24.6 Å². The van der Waals surface area contributed by atoms with Crippen molar-refractivity contribution in [3.8, 4) is 11.6 Å². The zero-order chi connectivity index (χ0) is 20.2. The minimum atomic E-state index is -0.550. The number of pyridine rings is 1. The molecule has 0 unspecified atom stereocenters. The van der Waals surface area contributed by atoms with Crippen molar-refractivity contribution in [1.82, 2.24) is 15.0 Å². The number of hydrogen-bond acceptors (Lipinski definition) is 7. The van der Waals surface area contributed by atoms with Crippen LogP contribution >= 0.6 is 0 Å². The van der Waals surface area contributed by atoms with E-state index in [-0.39, 0.29) is 17.4 Å². The Morgan fingerprint density at radius 2 is 1.83 bits per heavy atom. The third-order valence-corrected chi connectivity index (χ3v) is 4.35. The Morgan fingerprint density at radius 3 is 2.62 bits per heavy atom. The van der Waals surface area contributed by atoms with Crippen LogP contribution in [0.2, 0.25) is 0 Å². The molecular formula is C21H17N5O3. The minimum absolute atomic E-state index is 0.0915. The van der Waals surface area contributed by atoms with Gasteiger partial charge in [0.2, 0.25) is 5.82 Å². The number of nitro groups is 1. The van der Waals surface area contributed by atoms with Gasteiger partial charge >= 0.3 is 11.6 Å². The Balaban J connectivity index is 1.66. The Labute approximate surface area is 166 Å². The van der Waals surface area contributed by atoms with Crippen LogP contribution in [0.3, 0.4) is 0 Å². The summed E-state index contributed by atoms with van der Waals surface area (Å²) in [6, 6.07) is 16.9. The summed E-state index contributed by atoms with van der Waals surface area (Å²) < 4.78 is 5.80. The monoisotopic (exact) mass is 387 g/mol. The molecule has 0 aliphatic heterocycles. The third-order valence-electron chi connectivity index (χ3n) is 4.35. The Kier molecular flexibility index (Phi) is 4.98. The molecule has 0 bridgehead atoms. The topological polar surface area (TPSA) is 103 Å². The van der Waals surface area contributed by atoms with E-state index in [0.29, 0.717) is 17.8 Å². The maximum atomic E-state index is 11.7. The highest BCUT2D eigenvalue weighted by Crippen LogP contribution is 2.36. The zero-order valence-electron chi connectivity index (χ0n) is 15.6. The average Bonchev–Trinajstić information content (AvgIpc) is 2.73. The maximum Gasteiger partial charge on any atom is 0.373 e. The smallest absolute Gasteiger partial charge is 0.373 e. The van der Waals surface area contributed by atoms with Crippen molar-refractivity contribution in [2.75, 3.05) is 5.32 Å². The molecule has 4 aromatic rings. The number of para-hydroxylation sites is 1. The lowest BCUT2D eigenvalue weighted by molar-refractivity contribution is -0.385. The number of anilines is 1. The van der Waals surface area contributed by atoms with Crippen molar-refractivity contribution < 1.29 is 9.66 Å². The Bertz CT molecular complexity index is 1170. The molecule has 144 valence electrons. The van der Waals surface area contributed by atoms with Crippen LogP contribution in [0, 0.1) is 17.0 Å². The number of hydrogen-bond donors (Lipinski definition) is 1. The molecule has 1 N–H and O–H groups in total. The molecular weight excluding hydrogens is 370 g/mol. The van der Waals surface area contributed by atoms with E-state index in [0.717, 1.165) is 16.5 Å². The molecule has 2 aromatic heterocycles. The fraction of sp³-hybridized carbons (Fsp3) is 0.0952. The number of ether oxygens (including phenoxy) is 1. The first kappa shape index (κ1) is 18.3. The van der Waals surface area contributed by atoms with E-state index >= 15 is 0 Å². The second kappa shape index (κ2) is 7.89. The largest absolute Gasteiger partial charge is 0.431 e. The summed E-state index contributed by atoms with van der Waals surface area (Å²) in [6.45, 7) is 2.38. The lowest BCUT2D eigenvalue weighted by atomic mass is 10.1. The molecule has 0 amide bonds. The van der Waals surface area contributed by atoms with Gasteiger partial charge in [0.05, 0.1) is 4.92 Å². The second-order valence-electron chi connectivity index (χ2n) is 6.41. The predicted octanol–water partition coefficient (Wildman–Crippen LogP) is 4.65. The molecule has 0 fully saturated rings. The normalized spacial score (nSPS) is 10.7. The first-order valence-electron chi connectivity index (χ1n) is 8.92. The van der Waals surface area contributed by atoms with Crippen LogP contribution in [0.15, 0.2) is 67.1 Å². The van der Waals surface area contributed by atoms with E-state index in [4.69, 9.17) is 4.74 Å². The molecule has 0 radical (unpaired) electrons. The number of aryl methyl sites for hydroxylation is 1. The van der Waals surface area contributed by atoms with Crippen molar-refractivity contribution in [3.05, 3.63) is 88.4 Å². The van der Waals surface area contributed by atoms with Crippen LogP contribution in [0.4, 0.5) is 11.5 Å². The number of rotatable bonds is 6. The molecule has 0 saturated carbocycles. The predicted molar refractivity (Wildman–Crippen MR) is 109 cm³/mol. The van der Waals surface area contributed by atoms with Crippen molar-refractivity contribution in [2.24, 2.45) is 0 Å². The maximum absolute atomic E-state index is 11.7. The quantitative estimate of drug-likeness (QED) is 0.379. The lowest BCUT2D eigenvalue weighted by Crippen LogP contribution is -2.07. The van der Waals surface area contributed by atoms with Crippen molar-refractivity contribution in [3.63, 3.8) is 0 Å². The van der Waals surface area contributed by atoms with Gasteiger partial charge in [0, 0.05) is 18.1 Å². The molecule has 8 nitrogen and oxygen atoms in total. The molecule has 8 heteroatoms. The zero-order valence-corrected chi connectivity index (χ0v) is 15.6. The van der Waals surface area contributed by atoms with Gasteiger partial charge in [-0.25, -0.2) is 4.98 Å². The molecule has 29 heavy (non-hydrogen) atoms. The molecule has 4 rings (SSSR count). The molecule has 0 aliphatic rings. The summed E-state index contributed by atoms with van der Waals surface area (Å²) in [6.07, 6.45) is 2.87. The number of nitrogens with zero attached hydrogens (tertiary/aromatic N) is 4. The highest BCUT2D eigenvalue weighted by molar-refractivity contribution is 5.84. The van der Waals surface area contributed by atoms with E-state index in [1.165, 1.54) is 6.33 Å². The first-order valence-corrected chi connectivity index (χ1v) is 8.92. The summed E-state index contributed by atoms with van der Waals surface area (Å²) in [5.74, 6) is 0.331. The lowest BCUT2D eigenvalue weighted by Gasteiger charge is -2.10. The van der Waals surface area contributed by atoms with E-state index in [9.17, 15) is 10.1 Å². The molecule has 0 saturated heterocycles. The fourth-order valence-corrected chi connectivity index (χ4v) is 2.89. The third kappa shape index (κ3) is 3.96. The van der Waals surface area contributed by atoms with Crippen LogP contribution in [-0.2, 0) is 6.54 Å². The van der Waals surface area contributed by atoms with Crippen LogP contribution in [0.1, 0.15) is 11.1 Å². The van der Waals surface area contributed by atoms with Crippen LogP contribution in [0.25, 0.3) is 10.9 Å². The van der Waals surface area contributed by atoms with Crippen molar-refractivity contribution in [1.29, 1.82) is 0 Å². The van der Waals surface area contributed by atoms with E-state index < -0.39 is 4.92 Å². The summed E-state index contributed by atoms with van der Waals surface area (Å²) in [7, 11) is 0. The van der Waals surface area contributed by atoms with E-state index in [1.54, 1.807) is 18.3 Å². The van der Waals surface area contributed by atoms with Crippen LogP contribution < -0.4 is 10.1 Å². The second-order valence-corrected chi connectivity index (χ2v) is 6.41. The van der Waals surface area contributed by atoms with Gasteiger partial charge in [0.25, 0.3) is 0 Å². The van der Waals surface area contributed by atoms with Crippen LogP contribution in [-0.4, -0.2) is 19.9 Å². The van der Waals surface area contributed by atoms with Crippen molar-refractivity contribution in [2.45, 2.75) is 13.5 Å². The summed E-state index contributed by atoms with van der Waals surface area (Å²) in [5.41, 5.74) is 2.38. The van der Waals surface area contributed by atoms with Gasteiger partial charge < -0.3 is 10.1 Å². The first-order chi connectivity index (χ1) is 14.1. The van der Waals surface area contributed by atoms with Gasteiger partial charge in [-0.1, -0.05) is 48.0 Å². The van der Waals surface area contributed by atoms with Crippen LogP contribution in [0.5, 0.6) is 11.6 Å².